The second kappa shape index (κ2) is 6.56. The predicted octanol–water partition coefficient (Wildman–Crippen LogP) is 3.83. The van der Waals surface area contributed by atoms with Crippen LogP contribution in [0.2, 0.25) is 5.02 Å². The highest BCUT2D eigenvalue weighted by atomic mass is 35.5. The molecule has 0 atom stereocenters. The molecule has 3 rings (SSSR count). The van der Waals surface area contributed by atoms with E-state index in [0.29, 0.717) is 23.4 Å². The Balaban J connectivity index is 1.70. The molecule has 0 saturated carbocycles. The summed E-state index contributed by atoms with van der Waals surface area (Å²) < 4.78 is 5.27. The van der Waals surface area contributed by atoms with Crippen LogP contribution in [0.4, 0.5) is 5.13 Å². The summed E-state index contributed by atoms with van der Waals surface area (Å²) in [4.78, 5) is 16.6. The highest BCUT2D eigenvalue weighted by molar-refractivity contribution is 7.14. The maximum atomic E-state index is 12.2. The zero-order valence-corrected chi connectivity index (χ0v) is 12.9. The van der Waals surface area contributed by atoms with Crippen LogP contribution in [0.25, 0.3) is 11.3 Å². The number of aromatic nitrogens is 1. The van der Waals surface area contributed by atoms with Crippen molar-refractivity contribution in [3.8, 4) is 11.3 Å². The zero-order chi connectivity index (χ0) is 14.7. The van der Waals surface area contributed by atoms with Crippen LogP contribution in [0.15, 0.2) is 29.6 Å². The first kappa shape index (κ1) is 14.5. The van der Waals surface area contributed by atoms with Crippen molar-refractivity contribution in [3.63, 3.8) is 0 Å². The van der Waals surface area contributed by atoms with Crippen LogP contribution in [0.3, 0.4) is 0 Å². The van der Waals surface area contributed by atoms with E-state index in [1.807, 2.05) is 29.6 Å². The van der Waals surface area contributed by atoms with Gasteiger partial charge in [0.05, 0.1) is 5.69 Å². The topological polar surface area (TPSA) is 51.2 Å². The summed E-state index contributed by atoms with van der Waals surface area (Å²) in [6.45, 7) is 1.31. The Hall–Kier alpha value is -1.43. The number of halogens is 1. The van der Waals surface area contributed by atoms with Gasteiger partial charge in [0, 0.05) is 35.1 Å². The number of carbonyl (C=O) groups is 1. The maximum Gasteiger partial charge on any atom is 0.229 e. The lowest BCUT2D eigenvalue weighted by atomic mass is 10.00. The average molecular weight is 323 g/mol. The number of thiazole rings is 1. The fourth-order valence-corrected chi connectivity index (χ4v) is 3.24. The minimum absolute atomic E-state index is 0.0198. The van der Waals surface area contributed by atoms with Gasteiger partial charge in [-0.25, -0.2) is 4.98 Å². The molecular weight excluding hydrogens is 308 g/mol. The van der Waals surface area contributed by atoms with Crippen LogP contribution in [0.1, 0.15) is 12.8 Å². The van der Waals surface area contributed by atoms with Crippen LogP contribution in [0.5, 0.6) is 0 Å². The van der Waals surface area contributed by atoms with E-state index in [9.17, 15) is 4.79 Å². The number of ether oxygens (including phenoxy) is 1. The van der Waals surface area contributed by atoms with Crippen molar-refractivity contribution in [1.29, 1.82) is 0 Å². The fourth-order valence-electron chi connectivity index (χ4n) is 2.29. The molecule has 1 saturated heterocycles. The van der Waals surface area contributed by atoms with Crippen molar-refractivity contribution in [2.75, 3.05) is 18.5 Å². The molecule has 2 heterocycles. The minimum atomic E-state index is 0.0198. The number of amides is 1. The Labute approximate surface area is 132 Å². The van der Waals surface area contributed by atoms with Gasteiger partial charge in [-0.05, 0) is 18.9 Å². The zero-order valence-electron chi connectivity index (χ0n) is 11.3. The molecule has 0 bridgehead atoms. The maximum absolute atomic E-state index is 12.2. The standard InChI is InChI=1S/C15H15ClN2O2S/c16-12-4-2-1-3-11(12)13-9-21-15(17-13)18-14(19)10-5-7-20-8-6-10/h1-4,9-10H,5-8H2,(H,17,18,19). The van der Waals surface area contributed by atoms with E-state index in [0.717, 1.165) is 24.1 Å². The van der Waals surface area contributed by atoms with Crippen LogP contribution < -0.4 is 5.32 Å². The lowest BCUT2D eigenvalue weighted by Gasteiger charge is -2.20. The van der Waals surface area contributed by atoms with E-state index < -0.39 is 0 Å². The third-order valence-electron chi connectivity index (χ3n) is 3.48. The third kappa shape index (κ3) is 3.43. The summed E-state index contributed by atoms with van der Waals surface area (Å²) in [5, 5.41) is 6.06. The summed E-state index contributed by atoms with van der Waals surface area (Å²) >= 11 is 7.57. The van der Waals surface area contributed by atoms with E-state index in [2.05, 4.69) is 10.3 Å². The summed E-state index contributed by atoms with van der Waals surface area (Å²) in [5.74, 6) is 0.0461. The molecule has 1 fully saturated rings. The molecule has 21 heavy (non-hydrogen) atoms. The molecule has 1 N–H and O–H groups in total. The molecular formula is C15H15ClN2O2S. The molecule has 1 aromatic heterocycles. The number of hydrogen-bond acceptors (Lipinski definition) is 4. The van der Waals surface area contributed by atoms with E-state index in [-0.39, 0.29) is 11.8 Å². The number of benzene rings is 1. The molecule has 0 spiro atoms. The first-order valence-electron chi connectivity index (χ1n) is 6.83. The molecule has 0 unspecified atom stereocenters. The highest BCUT2D eigenvalue weighted by Gasteiger charge is 2.22. The van der Waals surface area contributed by atoms with E-state index >= 15 is 0 Å². The molecule has 2 aromatic rings. The Morgan fingerprint density at radius 2 is 2.10 bits per heavy atom. The van der Waals surface area contributed by atoms with Crippen molar-refractivity contribution in [2.45, 2.75) is 12.8 Å². The highest BCUT2D eigenvalue weighted by Crippen LogP contribution is 2.30. The van der Waals surface area contributed by atoms with E-state index in [1.54, 1.807) is 0 Å². The van der Waals surface area contributed by atoms with Crippen molar-refractivity contribution < 1.29 is 9.53 Å². The molecule has 0 radical (unpaired) electrons. The Bertz CT molecular complexity index is 638. The monoisotopic (exact) mass is 322 g/mol. The lowest BCUT2D eigenvalue weighted by Crippen LogP contribution is -2.28. The number of rotatable bonds is 3. The summed E-state index contributed by atoms with van der Waals surface area (Å²) in [6, 6.07) is 7.55. The largest absolute Gasteiger partial charge is 0.381 e. The number of carbonyl (C=O) groups excluding carboxylic acids is 1. The lowest BCUT2D eigenvalue weighted by molar-refractivity contribution is -0.122. The van der Waals surface area contributed by atoms with Crippen LogP contribution in [0, 0.1) is 5.92 Å². The number of hydrogen-bond donors (Lipinski definition) is 1. The normalized spacial score (nSPS) is 15.9. The van der Waals surface area contributed by atoms with E-state index in [1.165, 1.54) is 11.3 Å². The fraction of sp³-hybridized carbons (Fsp3) is 0.333. The van der Waals surface area contributed by atoms with Gasteiger partial charge in [0.1, 0.15) is 0 Å². The van der Waals surface area contributed by atoms with Gasteiger partial charge in [-0.3, -0.25) is 4.79 Å². The summed E-state index contributed by atoms with van der Waals surface area (Å²) in [6.07, 6.45) is 1.54. The van der Waals surface area contributed by atoms with Crippen molar-refractivity contribution in [2.24, 2.45) is 5.92 Å². The van der Waals surface area contributed by atoms with Crippen LogP contribution in [-0.2, 0) is 9.53 Å². The van der Waals surface area contributed by atoms with Crippen molar-refractivity contribution in [1.82, 2.24) is 4.98 Å². The Morgan fingerprint density at radius 3 is 2.86 bits per heavy atom. The molecule has 110 valence electrons. The molecule has 4 nitrogen and oxygen atoms in total. The van der Waals surface area contributed by atoms with Crippen molar-refractivity contribution in [3.05, 3.63) is 34.7 Å². The number of nitrogens with zero attached hydrogens (tertiary/aromatic N) is 1. The number of nitrogens with one attached hydrogen (secondary N) is 1. The Kier molecular flexibility index (Phi) is 4.53. The third-order valence-corrected chi connectivity index (χ3v) is 4.56. The smallest absolute Gasteiger partial charge is 0.229 e. The van der Waals surface area contributed by atoms with Crippen molar-refractivity contribution >= 4 is 34.0 Å². The molecule has 1 aliphatic heterocycles. The van der Waals surface area contributed by atoms with Gasteiger partial charge in [-0.2, -0.15) is 0 Å². The second-order valence-corrected chi connectivity index (χ2v) is 6.16. The minimum Gasteiger partial charge on any atom is -0.381 e. The average Bonchev–Trinajstić information content (AvgIpc) is 2.97. The SMILES string of the molecule is O=C(Nc1nc(-c2ccccc2Cl)cs1)C1CCOCC1. The van der Waals surface area contributed by atoms with Crippen LogP contribution in [-0.4, -0.2) is 24.1 Å². The molecule has 1 aromatic carbocycles. The van der Waals surface area contributed by atoms with Gasteiger partial charge in [-0.1, -0.05) is 29.8 Å². The van der Waals surface area contributed by atoms with Gasteiger partial charge in [0.25, 0.3) is 0 Å². The van der Waals surface area contributed by atoms with E-state index in [4.69, 9.17) is 16.3 Å². The van der Waals surface area contributed by atoms with Crippen LogP contribution >= 0.6 is 22.9 Å². The van der Waals surface area contributed by atoms with Gasteiger partial charge < -0.3 is 10.1 Å². The summed E-state index contributed by atoms with van der Waals surface area (Å²) in [7, 11) is 0. The van der Waals surface area contributed by atoms with Gasteiger partial charge in [0.15, 0.2) is 5.13 Å². The first-order valence-corrected chi connectivity index (χ1v) is 8.09. The number of anilines is 1. The van der Waals surface area contributed by atoms with Gasteiger partial charge >= 0.3 is 0 Å². The molecule has 1 aliphatic rings. The van der Waals surface area contributed by atoms with Gasteiger partial charge in [0.2, 0.25) is 5.91 Å². The quantitative estimate of drug-likeness (QED) is 0.934. The Morgan fingerprint density at radius 1 is 1.33 bits per heavy atom. The molecule has 6 heteroatoms. The summed E-state index contributed by atoms with van der Waals surface area (Å²) in [5.41, 5.74) is 1.66. The predicted molar refractivity (Wildman–Crippen MR) is 84.7 cm³/mol. The first-order chi connectivity index (χ1) is 10.2. The second-order valence-electron chi connectivity index (χ2n) is 4.89. The van der Waals surface area contributed by atoms with Gasteiger partial charge in [-0.15, -0.1) is 11.3 Å². The molecule has 1 amide bonds. The molecule has 0 aliphatic carbocycles.